The molecule has 2 aromatic rings. The minimum atomic E-state index is -0.109. The maximum absolute atomic E-state index is 9.69. The van der Waals surface area contributed by atoms with Crippen LogP contribution in [0.2, 0.25) is 0 Å². The number of anilines is 1. The molecule has 0 aliphatic rings. The van der Waals surface area contributed by atoms with E-state index in [-0.39, 0.29) is 11.5 Å². The topological polar surface area (TPSA) is 52.5 Å². The summed E-state index contributed by atoms with van der Waals surface area (Å²) < 4.78 is 1.90. The Kier molecular flexibility index (Phi) is 4.14. The fourth-order valence-corrected chi connectivity index (χ4v) is 2.29. The van der Waals surface area contributed by atoms with Gasteiger partial charge in [0.1, 0.15) is 0 Å². The maximum Gasteiger partial charge on any atom is 0.162 e. The highest BCUT2D eigenvalue weighted by molar-refractivity contribution is 9.11. The molecule has 0 fully saturated rings. The average molecular weight is 373 g/mol. The first-order valence-electron chi connectivity index (χ1n) is 5.26. The van der Waals surface area contributed by atoms with Crippen LogP contribution in [0.4, 0.5) is 5.69 Å². The first-order valence-corrected chi connectivity index (χ1v) is 6.85. The van der Waals surface area contributed by atoms with Crippen molar-refractivity contribution >= 4 is 37.5 Å². The molecule has 0 radical (unpaired) electrons. The van der Waals surface area contributed by atoms with Crippen molar-refractivity contribution in [1.29, 1.82) is 0 Å². The van der Waals surface area contributed by atoms with E-state index in [1.807, 2.05) is 18.2 Å². The summed E-state index contributed by atoms with van der Waals surface area (Å²) in [5.74, 6) is -0.196. The van der Waals surface area contributed by atoms with Gasteiger partial charge in [0.15, 0.2) is 11.5 Å². The van der Waals surface area contributed by atoms with Gasteiger partial charge in [-0.05, 0) is 40.2 Å². The first kappa shape index (κ1) is 13.2. The number of aromatic hydroxyl groups is 2. The summed E-state index contributed by atoms with van der Waals surface area (Å²) in [5.41, 5.74) is 1.55. The number of nitrogens with one attached hydrogen (secondary N) is 1. The van der Waals surface area contributed by atoms with Gasteiger partial charge in [-0.1, -0.05) is 28.1 Å². The summed E-state index contributed by atoms with van der Waals surface area (Å²) in [6.45, 7) is 0.426. The second-order valence-corrected chi connectivity index (χ2v) is 5.53. The van der Waals surface area contributed by atoms with Gasteiger partial charge in [0.25, 0.3) is 0 Å². The zero-order valence-electron chi connectivity index (χ0n) is 9.32. The van der Waals surface area contributed by atoms with Gasteiger partial charge in [0, 0.05) is 26.7 Å². The molecule has 0 bridgehead atoms. The Balaban J connectivity index is 2.16. The van der Waals surface area contributed by atoms with Crippen molar-refractivity contribution in [3.05, 3.63) is 50.9 Å². The van der Waals surface area contributed by atoms with Crippen LogP contribution in [0.3, 0.4) is 0 Å². The van der Waals surface area contributed by atoms with Crippen molar-refractivity contribution in [2.24, 2.45) is 0 Å². The summed E-state index contributed by atoms with van der Waals surface area (Å²) in [6.07, 6.45) is 0. The van der Waals surface area contributed by atoms with Crippen LogP contribution in [-0.2, 0) is 6.54 Å². The van der Waals surface area contributed by atoms with E-state index >= 15 is 0 Å². The minimum absolute atomic E-state index is 0.0869. The Hall–Kier alpha value is -1.20. The summed E-state index contributed by atoms with van der Waals surface area (Å²) >= 11 is 6.84. The number of phenolic OH excluding ortho intramolecular Hbond substituents is 2. The highest BCUT2D eigenvalue weighted by Gasteiger charge is 2.06. The molecule has 5 heteroatoms. The molecule has 3 N–H and O–H groups in total. The van der Waals surface area contributed by atoms with Crippen molar-refractivity contribution in [3.8, 4) is 11.5 Å². The monoisotopic (exact) mass is 371 g/mol. The third-order valence-corrected chi connectivity index (χ3v) is 3.68. The lowest BCUT2D eigenvalue weighted by Crippen LogP contribution is -2.00. The normalized spacial score (nSPS) is 10.3. The highest BCUT2D eigenvalue weighted by atomic mass is 79.9. The fraction of sp³-hybridized carbons (Fsp3) is 0.0769. The zero-order chi connectivity index (χ0) is 13.1. The molecule has 0 spiro atoms. The molecule has 2 rings (SSSR count). The van der Waals surface area contributed by atoms with Crippen LogP contribution in [0.1, 0.15) is 5.56 Å². The Morgan fingerprint density at radius 2 is 1.83 bits per heavy atom. The van der Waals surface area contributed by atoms with Gasteiger partial charge < -0.3 is 15.5 Å². The summed E-state index contributed by atoms with van der Waals surface area (Å²) in [6, 6.07) is 10.7. The van der Waals surface area contributed by atoms with Gasteiger partial charge in [0.05, 0.1) is 0 Å². The number of halogens is 2. The van der Waals surface area contributed by atoms with Gasteiger partial charge in [-0.25, -0.2) is 0 Å². The fourth-order valence-electron chi connectivity index (χ4n) is 1.54. The lowest BCUT2D eigenvalue weighted by Gasteiger charge is -2.11. The number of rotatable bonds is 3. The largest absolute Gasteiger partial charge is 0.504 e. The van der Waals surface area contributed by atoms with E-state index in [0.717, 1.165) is 14.6 Å². The number of para-hydroxylation sites is 1. The Morgan fingerprint density at radius 3 is 2.61 bits per heavy atom. The van der Waals surface area contributed by atoms with Gasteiger partial charge in [0.2, 0.25) is 0 Å². The van der Waals surface area contributed by atoms with Gasteiger partial charge in [-0.3, -0.25) is 0 Å². The van der Waals surface area contributed by atoms with Crippen LogP contribution in [0.5, 0.6) is 11.5 Å². The molecular formula is C13H11Br2NO2. The van der Waals surface area contributed by atoms with E-state index < -0.39 is 0 Å². The first-order chi connectivity index (χ1) is 8.58. The lowest BCUT2D eigenvalue weighted by molar-refractivity contribution is 0.400. The molecule has 0 saturated carbocycles. The zero-order valence-corrected chi connectivity index (χ0v) is 12.5. The van der Waals surface area contributed by atoms with Crippen molar-refractivity contribution in [3.63, 3.8) is 0 Å². The molecular weight excluding hydrogens is 362 g/mol. The van der Waals surface area contributed by atoms with Crippen molar-refractivity contribution in [2.45, 2.75) is 6.54 Å². The van der Waals surface area contributed by atoms with Crippen molar-refractivity contribution < 1.29 is 10.2 Å². The number of benzene rings is 2. The SMILES string of the molecule is Oc1cccc(CNc2cc(Br)ccc2Br)c1O. The van der Waals surface area contributed by atoms with Crippen LogP contribution >= 0.6 is 31.9 Å². The quantitative estimate of drug-likeness (QED) is 0.706. The maximum atomic E-state index is 9.69. The van der Waals surface area contributed by atoms with Crippen LogP contribution in [0, 0.1) is 0 Å². The molecule has 0 atom stereocenters. The minimum Gasteiger partial charge on any atom is -0.504 e. The van der Waals surface area contributed by atoms with E-state index in [1.54, 1.807) is 12.1 Å². The molecule has 0 aromatic heterocycles. The van der Waals surface area contributed by atoms with Crippen molar-refractivity contribution in [2.75, 3.05) is 5.32 Å². The lowest BCUT2D eigenvalue weighted by atomic mass is 10.2. The van der Waals surface area contributed by atoms with Gasteiger partial charge >= 0.3 is 0 Å². The van der Waals surface area contributed by atoms with Gasteiger partial charge in [-0.2, -0.15) is 0 Å². The number of hydrogen-bond acceptors (Lipinski definition) is 3. The smallest absolute Gasteiger partial charge is 0.162 e. The summed E-state index contributed by atoms with van der Waals surface area (Å²) in [5, 5.41) is 22.3. The molecule has 2 aromatic carbocycles. The van der Waals surface area contributed by atoms with E-state index in [4.69, 9.17) is 0 Å². The molecule has 3 nitrogen and oxygen atoms in total. The van der Waals surface area contributed by atoms with Gasteiger partial charge in [-0.15, -0.1) is 0 Å². The average Bonchev–Trinajstić information content (AvgIpc) is 2.35. The molecule has 94 valence electrons. The second-order valence-electron chi connectivity index (χ2n) is 3.76. The molecule has 18 heavy (non-hydrogen) atoms. The molecule has 0 aliphatic carbocycles. The predicted octanol–water partition coefficient (Wildman–Crippen LogP) is 4.23. The summed E-state index contributed by atoms with van der Waals surface area (Å²) in [4.78, 5) is 0. The Labute approximate surface area is 122 Å². The predicted molar refractivity (Wildman–Crippen MR) is 78.9 cm³/mol. The number of phenols is 2. The van der Waals surface area contributed by atoms with Crippen LogP contribution in [0.25, 0.3) is 0 Å². The summed E-state index contributed by atoms with van der Waals surface area (Å²) in [7, 11) is 0. The second kappa shape index (κ2) is 5.63. The molecule has 0 heterocycles. The van der Waals surface area contributed by atoms with Crippen molar-refractivity contribution in [1.82, 2.24) is 0 Å². The van der Waals surface area contributed by atoms with E-state index in [2.05, 4.69) is 37.2 Å². The van der Waals surface area contributed by atoms with Crippen LogP contribution < -0.4 is 5.32 Å². The molecule has 0 unspecified atom stereocenters. The van der Waals surface area contributed by atoms with Crippen LogP contribution in [0.15, 0.2) is 45.3 Å². The highest BCUT2D eigenvalue weighted by Crippen LogP contribution is 2.30. The molecule has 0 amide bonds. The molecule has 0 aliphatic heterocycles. The van der Waals surface area contributed by atoms with E-state index in [1.165, 1.54) is 6.07 Å². The number of hydrogen-bond donors (Lipinski definition) is 3. The van der Waals surface area contributed by atoms with E-state index in [9.17, 15) is 10.2 Å². The van der Waals surface area contributed by atoms with E-state index in [0.29, 0.717) is 12.1 Å². The van der Waals surface area contributed by atoms with Crippen LogP contribution in [-0.4, -0.2) is 10.2 Å². The Morgan fingerprint density at radius 1 is 1.06 bits per heavy atom. The third kappa shape index (κ3) is 2.97. The molecule has 0 saturated heterocycles. The third-order valence-electron chi connectivity index (χ3n) is 2.50. The standard InChI is InChI=1S/C13H11Br2NO2/c14-9-4-5-10(15)11(6-9)16-7-8-2-1-3-12(17)13(8)18/h1-6,16-18H,7H2. The Bertz CT molecular complexity index is 571.